The first-order valence-electron chi connectivity index (χ1n) is 7.19. The molecule has 1 aromatic heterocycles. The number of nitrogens with one attached hydrogen (secondary N) is 1. The molecule has 1 heterocycles. The van der Waals surface area contributed by atoms with Crippen LogP contribution in [0.5, 0.6) is 0 Å². The smallest absolute Gasteiger partial charge is 0.113 e. The van der Waals surface area contributed by atoms with Crippen molar-refractivity contribution < 1.29 is 0 Å². The maximum Gasteiger partial charge on any atom is 0.113 e. The van der Waals surface area contributed by atoms with Gasteiger partial charge < -0.3 is 5.32 Å². The van der Waals surface area contributed by atoms with Crippen LogP contribution in [-0.4, -0.2) is 11.5 Å². The van der Waals surface area contributed by atoms with Crippen molar-refractivity contribution in [1.29, 1.82) is 0 Å². The van der Waals surface area contributed by atoms with Gasteiger partial charge in [0.05, 0.1) is 11.2 Å². The number of thiazole rings is 1. The highest BCUT2D eigenvalue weighted by molar-refractivity contribution is 7.09. The quantitative estimate of drug-likeness (QED) is 0.886. The van der Waals surface area contributed by atoms with E-state index in [1.165, 1.54) is 42.8 Å². The molecule has 0 atom stereocenters. The van der Waals surface area contributed by atoms with Crippen LogP contribution in [0.1, 0.15) is 70.5 Å². The molecule has 18 heavy (non-hydrogen) atoms. The van der Waals surface area contributed by atoms with Crippen molar-refractivity contribution in [2.45, 2.75) is 70.8 Å². The summed E-state index contributed by atoms with van der Waals surface area (Å²) in [5.41, 5.74) is 1.57. The van der Waals surface area contributed by atoms with Gasteiger partial charge in [-0.25, -0.2) is 4.98 Å². The fraction of sp³-hybridized carbons (Fsp3) is 0.800. The van der Waals surface area contributed by atoms with E-state index in [1.54, 1.807) is 0 Å². The molecule has 0 bridgehead atoms. The van der Waals surface area contributed by atoms with E-state index in [1.807, 2.05) is 11.3 Å². The lowest BCUT2D eigenvalue weighted by Crippen LogP contribution is -2.43. The number of rotatable bonds is 3. The Morgan fingerprint density at radius 1 is 1.28 bits per heavy atom. The van der Waals surface area contributed by atoms with Crippen molar-refractivity contribution >= 4 is 11.3 Å². The van der Waals surface area contributed by atoms with Gasteiger partial charge in [-0.1, -0.05) is 47.0 Å². The van der Waals surface area contributed by atoms with E-state index in [4.69, 9.17) is 4.98 Å². The maximum absolute atomic E-state index is 4.95. The number of nitrogens with zero attached hydrogens (tertiary/aromatic N) is 1. The van der Waals surface area contributed by atoms with E-state index < -0.39 is 0 Å². The van der Waals surface area contributed by atoms with Gasteiger partial charge in [0.15, 0.2) is 0 Å². The first-order valence-corrected chi connectivity index (χ1v) is 8.07. The van der Waals surface area contributed by atoms with Crippen LogP contribution in [-0.2, 0) is 11.0 Å². The van der Waals surface area contributed by atoms with Crippen LogP contribution >= 0.6 is 11.3 Å². The average molecular weight is 266 g/mol. The minimum Gasteiger partial charge on any atom is -0.306 e. The van der Waals surface area contributed by atoms with E-state index in [-0.39, 0.29) is 11.0 Å². The SMILES string of the molecule is CCNC1(c2nc(C(C)(C)C)cs2)CCCCC1. The van der Waals surface area contributed by atoms with Gasteiger partial charge in [-0.05, 0) is 19.4 Å². The van der Waals surface area contributed by atoms with Gasteiger partial charge in [-0.15, -0.1) is 11.3 Å². The molecule has 1 saturated carbocycles. The molecule has 1 aliphatic rings. The monoisotopic (exact) mass is 266 g/mol. The Balaban J connectivity index is 2.28. The zero-order valence-electron chi connectivity index (χ0n) is 12.2. The Hall–Kier alpha value is -0.410. The van der Waals surface area contributed by atoms with E-state index in [0.29, 0.717) is 0 Å². The van der Waals surface area contributed by atoms with Crippen LogP contribution in [0.4, 0.5) is 0 Å². The van der Waals surface area contributed by atoms with Crippen molar-refractivity contribution in [3.63, 3.8) is 0 Å². The second-order valence-electron chi connectivity index (χ2n) is 6.46. The fourth-order valence-corrected chi connectivity index (χ4v) is 4.08. The molecular weight excluding hydrogens is 240 g/mol. The summed E-state index contributed by atoms with van der Waals surface area (Å²) in [4.78, 5) is 4.95. The maximum atomic E-state index is 4.95. The van der Waals surface area contributed by atoms with Crippen molar-refractivity contribution in [3.05, 3.63) is 16.1 Å². The van der Waals surface area contributed by atoms with Crippen LogP contribution in [0, 0.1) is 0 Å². The number of aromatic nitrogens is 1. The standard InChI is InChI=1S/C15H26N2S/c1-5-16-15(9-7-6-8-10-15)13-17-12(11-18-13)14(2,3)4/h11,16H,5-10H2,1-4H3. The van der Waals surface area contributed by atoms with Crippen LogP contribution in [0.3, 0.4) is 0 Å². The number of hydrogen-bond donors (Lipinski definition) is 1. The zero-order valence-corrected chi connectivity index (χ0v) is 13.0. The summed E-state index contributed by atoms with van der Waals surface area (Å²) in [5.74, 6) is 0. The van der Waals surface area contributed by atoms with Gasteiger partial charge >= 0.3 is 0 Å². The van der Waals surface area contributed by atoms with E-state index >= 15 is 0 Å². The summed E-state index contributed by atoms with van der Waals surface area (Å²) < 4.78 is 0. The molecule has 0 amide bonds. The molecule has 0 saturated heterocycles. The molecule has 1 aromatic rings. The molecule has 1 fully saturated rings. The fourth-order valence-electron chi connectivity index (χ4n) is 2.80. The largest absolute Gasteiger partial charge is 0.306 e. The average Bonchev–Trinajstić information content (AvgIpc) is 2.80. The summed E-state index contributed by atoms with van der Waals surface area (Å²) in [7, 11) is 0. The Morgan fingerprint density at radius 3 is 2.44 bits per heavy atom. The Morgan fingerprint density at radius 2 is 1.94 bits per heavy atom. The Labute approximate surface area is 115 Å². The summed E-state index contributed by atoms with van der Waals surface area (Å²) in [6, 6.07) is 0. The van der Waals surface area contributed by atoms with Gasteiger partial charge in [0.1, 0.15) is 5.01 Å². The molecule has 0 unspecified atom stereocenters. The molecule has 0 spiro atoms. The van der Waals surface area contributed by atoms with Crippen molar-refractivity contribution in [2.75, 3.05) is 6.54 Å². The third-order valence-electron chi connectivity index (χ3n) is 3.90. The third-order valence-corrected chi connectivity index (χ3v) is 4.95. The minimum atomic E-state index is 0.164. The molecule has 2 nitrogen and oxygen atoms in total. The van der Waals surface area contributed by atoms with Crippen LogP contribution in [0.15, 0.2) is 5.38 Å². The normalized spacial score (nSPS) is 20.0. The second kappa shape index (κ2) is 5.30. The van der Waals surface area contributed by atoms with Gasteiger partial charge in [0.2, 0.25) is 0 Å². The molecule has 1 N–H and O–H groups in total. The molecule has 2 rings (SSSR count). The van der Waals surface area contributed by atoms with Crippen molar-refractivity contribution in [1.82, 2.24) is 10.3 Å². The number of hydrogen-bond acceptors (Lipinski definition) is 3. The lowest BCUT2D eigenvalue weighted by Gasteiger charge is -2.36. The predicted molar refractivity (Wildman–Crippen MR) is 79.3 cm³/mol. The van der Waals surface area contributed by atoms with Gasteiger partial charge in [0, 0.05) is 10.8 Å². The molecule has 0 aromatic carbocycles. The van der Waals surface area contributed by atoms with Crippen molar-refractivity contribution in [2.24, 2.45) is 0 Å². The van der Waals surface area contributed by atoms with Crippen LogP contribution in [0.2, 0.25) is 0 Å². The first kappa shape index (κ1) is 14.0. The van der Waals surface area contributed by atoms with E-state index in [2.05, 4.69) is 38.4 Å². The molecule has 3 heteroatoms. The zero-order chi connectivity index (χ0) is 13.2. The summed E-state index contributed by atoms with van der Waals surface area (Å²) in [6.45, 7) is 9.96. The van der Waals surface area contributed by atoms with Crippen LogP contribution < -0.4 is 5.32 Å². The summed E-state index contributed by atoms with van der Waals surface area (Å²) >= 11 is 1.85. The Bertz CT molecular complexity index is 378. The third kappa shape index (κ3) is 2.77. The van der Waals surface area contributed by atoms with Gasteiger partial charge in [0.25, 0.3) is 0 Å². The highest BCUT2D eigenvalue weighted by atomic mass is 32.1. The summed E-state index contributed by atoms with van der Waals surface area (Å²) in [5, 5.41) is 7.29. The molecule has 0 radical (unpaired) electrons. The lowest BCUT2D eigenvalue weighted by molar-refractivity contribution is 0.237. The highest BCUT2D eigenvalue weighted by Gasteiger charge is 2.36. The van der Waals surface area contributed by atoms with E-state index in [0.717, 1.165) is 6.54 Å². The van der Waals surface area contributed by atoms with E-state index in [9.17, 15) is 0 Å². The predicted octanol–water partition coefficient (Wildman–Crippen LogP) is 4.21. The Kier molecular flexibility index (Phi) is 4.12. The molecular formula is C15H26N2S. The van der Waals surface area contributed by atoms with Gasteiger partial charge in [-0.3, -0.25) is 0 Å². The van der Waals surface area contributed by atoms with Crippen LogP contribution in [0.25, 0.3) is 0 Å². The first-order chi connectivity index (χ1) is 8.48. The minimum absolute atomic E-state index is 0.164. The lowest BCUT2D eigenvalue weighted by atomic mass is 9.82. The second-order valence-corrected chi connectivity index (χ2v) is 7.32. The summed E-state index contributed by atoms with van der Waals surface area (Å²) in [6.07, 6.45) is 6.54. The van der Waals surface area contributed by atoms with Crippen molar-refractivity contribution in [3.8, 4) is 0 Å². The molecule has 102 valence electrons. The topological polar surface area (TPSA) is 24.9 Å². The van der Waals surface area contributed by atoms with Gasteiger partial charge in [-0.2, -0.15) is 0 Å². The molecule has 1 aliphatic carbocycles. The molecule has 0 aliphatic heterocycles. The highest BCUT2D eigenvalue weighted by Crippen LogP contribution is 2.39.